The molecule has 2 aromatic rings. The van der Waals surface area contributed by atoms with Crippen LogP contribution in [0.2, 0.25) is 0 Å². The monoisotopic (exact) mass is 284 g/mol. The number of aryl methyl sites for hydroxylation is 1. The molecule has 0 fully saturated rings. The molecule has 19 heavy (non-hydrogen) atoms. The van der Waals surface area contributed by atoms with E-state index in [0.717, 1.165) is 5.56 Å². The molecule has 0 bridgehead atoms. The van der Waals surface area contributed by atoms with Gasteiger partial charge in [-0.2, -0.15) is 13.2 Å². The SMILES string of the molecule is CC(=O)c1cc(-c2ccccc2C)c(C(F)(F)F)s1. The van der Waals surface area contributed by atoms with Gasteiger partial charge in [0.15, 0.2) is 5.78 Å². The van der Waals surface area contributed by atoms with E-state index in [2.05, 4.69) is 0 Å². The summed E-state index contributed by atoms with van der Waals surface area (Å²) < 4.78 is 39.1. The van der Waals surface area contributed by atoms with Crippen molar-refractivity contribution in [3.8, 4) is 11.1 Å². The summed E-state index contributed by atoms with van der Waals surface area (Å²) in [5, 5.41) is 0. The Hall–Kier alpha value is -1.62. The lowest BCUT2D eigenvalue weighted by Crippen LogP contribution is -2.03. The Balaban J connectivity index is 2.69. The standard InChI is InChI=1S/C14H11F3OS/c1-8-5-3-4-6-10(8)11-7-12(9(2)18)19-13(11)14(15,16)17/h3-7H,1-2H3. The molecule has 2 rings (SSSR count). The third-order valence-electron chi connectivity index (χ3n) is 2.77. The second-order valence-corrected chi connectivity index (χ2v) is 5.27. The van der Waals surface area contributed by atoms with Crippen molar-refractivity contribution in [3.05, 3.63) is 45.6 Å². The van der Waals surface area contributed by atoms with Gasteiger partial charge in [0.1, 0.15) is 4.88 Å². The molecule has 0 spiro atoms. The number of thiophene rings is 1. The fourth-order valence-electron chi connectivity index (χ4n) is 1.85. The summed E-state index contributed by atoms with van der Waals surface area (Å²) in [6, 6.07) is 8.17. The number of hydrogen-bond acceptors (Lipinski definition) is 2. The zero-order chi connectivity index (χ0) is 14.2. The minimum Gasteiger partial charge on any atom is -0.294 e. The van der Waals surface area contributed by atoms with Crippen LogP contribution in [-0.2, 0) is 6.18 Å². The van der Waals surface area contributed by atoms with Gasteiger partial charge in [-0.05, 0) is 31.0 Å². The largest absolute Gasteiger partial charge is 0.426 e. The zero-order valence-corrected chi connectivity index (χ0v) is 11.2. The van der Waals surface area contributed by atoms with Gasteiger partial charge in [-0.3, -0.25) is 4.79 Å². The molecule has 0 saturated carbocycles. The predicted octanol–water partition coefficient (Wildman–Crippen LogP) is 4.94. The van der Waals surface area contributed by atoms with E-state index in [0.29, 0.717) is 16.9 Å². The van der Waals surface area contributed by atoms with Gasteiger partial charge < -0.3 is 0 Å². The molecule has 0 radical (unpaired) electrons. The maximum absolute atomic E-state index is 13.0. The van der Waals surface area contributed by atoms with Crippen LogP contribution < -0.4 is 0 Å². The van der Waals surface area contributed by atoms with Crippen LogP contribution in [0.25, 0.3) is 11.1 Å². The molecular weight excluding hydrogens is 273 g/mol. The molecule has 1 aromatic carbocycles. The molecule has 0 saturated heterocycles. The second kappa shape index (κ2) is 4.81. The van der Waals surface area contributed by atoms with Gasteiger partial charge in [0.05, 0.1) is 4.88 Å². The van der Waals surface area contributed by atoms with E-state index in [9.17, 15) is 18.0 Å². The van der Waals surface area contributed by atoms with Crippen molar-refractivity contribution in [1.82, 2.24) is 0 Å². The summed E-state index contributed by atoms with van der Waals surface area (Å²) in [6.45, 7) is 3.02. The lowest BCUT2D eigenvalue weighted by molar-refractivity contribution is -0.133. The maximum atomic E-state index is 13.0. The number of Topliss-reactive ketones (excluding diaryl/α,β-unsaturated/α-hetero) is 1. The third-order valence-corrected chi connectivity index (χ3v) is 4.05. The van der Waals surface area contributed by atoms with Crippen molar-refractivity contribution < 1.29 is 18.0 Å². The number of carbonyl (C=O) groups excluding carboxylic acids is 1. The predicted molar refractivity (Wildman–Crippen MR) is 69.5 cm³/mol. The first-order valence-electron chi connectivity index (χ1n) is 5.58. The highest BCUT2D eigenvalue weighted by molar-refractivity contribution is 7.14. The van der Waals surface area contributed by atoms with E-state index >= 15 is 0 Å². The molecule has 0 N–H and O–H groups in total. The molecule has 100 valence electrons. The first kappa shape index (κ1) is 13.8. The third kappa shape index (κ3) is 2.71. The van der Waals surface area contributed by atoms with Crippen LogP contribution in [0.1, 0.15) is 27.0 Å². The lowest BCUT2D eigenvalue weighted by atomic mass is 10.0. The number of halogens is 3. The number of rotatable bonds is 2. The summed E-state index contributed by atoms with van der Waals surface area (Å²) in [5.74, 6) is -0.352. The lowest BCUT2D eigenvalue weighted by Gasteiger charge is -2.09. The van der Waals surface area contributed by atoms with Crippen LogP contribution in [0.5, 0.6) is 0 Å². The number of alkyl halides is 3. The molecule has 0 unspecified atom stereocenters. The second-order valence-electron chi connectivity index (χ2n) is 4.22. The fourth-order valence-corrected chi connectivity index (χ4v) is 2.79. The molecule has 5 heteroatoms. The Morgan fingerprint density at radius 1 is 1.16 bits per heavy atom. The number of benzene rings is 1. The van der Waals surface area contributed by atoms with Crippen molar-refractivity contribution in [2.24, 2.45) is 0 Å². The van der Waals surface area contributed by atoms with Gasteiger partial charge >= 0.3 is 6.18 Å². The number of hydrogen-bond donors (Lipinski definition) is 0. The van der Waals surface area contributed by atoms with Crippen LogP contribution in [0.4, 0.5) is 13.2 Å². The van der Waals surface area contributed by atoms with Crippen LogP contribution in [0, 0.1) is 6.92 Å². The quantitative estimate of drug-likeness (QED) is 0.713. The Bertz CT molecular complexity index is 626. The van der Waals surface area contributed by atoms with Crippen molar-refractivity contribution >= 4 is 17.1 Å². The maximum Gasteiger partial charge on any atom is 0.426 e. The highest BCUT2D eigenvalue weighted by Gasteiger charge is 2.37. The summed E-state index contributed by atoms with van der Waals surface area (Å²) in [5.41, 5.74) is 1.35. The summed E-state index contributed by atoms with van der Waals surface area (Å²) in [4.78, 5) is 10.7. The normalized spacial score (nSPS) is 11.6. The van der Waals surface area contributed by atoms with Crippen LogP contribution in [0.3, 0.4) is 0 Å². The minimum atomic E-state index is -4.45. The van der Waals surface area contributed by atoms with Gasteiger partial charge in [-0.25, -0.2) is 0 Å². The van der Waals surface area contributed by atoms with Gasteiger partial charge in [0.25, 0.3) is 0 Å². The average molecular weight is 284 g/mol. The van der Waals surface area contributed by atoms with Crippen LogP contribution in [0.15, 0.2) is 30.3 Å². The summed E-state index contributed by atoms with van der Waals surface area (Å²) >= 11 is 0.504. The van der Waals surface area contributed by atoms with E-state index in [1.807, 2.05) is 0 Å². The molecular formula is C14H11F3OS. The van der Waals surface area contributed by atoms with Crippen molar-refractivity contribution in [3.63, 3.8) is 0 Å². The smallest absolute Gasteiger partial charge is 0.294 e. The number of carbonyl (C=O) groups is 1. The molecule has 1 nitrogen and oxygen atoms in total. The molecule has 1 heterocycles. The minimum absolute atomic E-state index is 0.0841. The topological polar surface area (TPSA) is 17.1 Å². The molecule has 0 atom stereocenters. The zero-order valence-electron chi connectivity index (χ0n) is 10.3. The van der Waals surface area contributed by atoms with Crippen LogP contribution in [-0.4, -0.2) is 5.78 Å². The van der Waals surface area contributed by atoms with Crippen molar-refractivity contribution in [2.45, 2.75) is 20.0 Å². The Morgan fingerprint density at radius 2 is 1.79 bits per heavy atom. The van der Waals surface area contributed by atoms with Gasteiger partial charge in [-0.15, -0.1) is 11.3 Å². The summed E-state index contributed by atoms with van der Waals surface area (Å²) in [7, 11) is 0. The van der Waals surface area contributed by atoms with E-state index in [1.165, 1.54) is 13.0 Å². The van der Waals surface area contributed by atoms with E-state index < -0.39 is 11.1 Å². The van der Waals surface area contributed by atoms with E-state index in [4.69, 9.17) is 0 Å². The van der Waals surface area contributed by atoms with Gasteiger partial charge in [0.2, 0.25) is 0 Å². The highest BCUT2D eigenvalue weighted by Crippen LogP contribution is 2.43. The Kier molecular flexibility index (Phi) is 3.49. The number of ketones is 1. The average Bonchev–Trinajstić information content (AvgIpc) is 2.74. The molecule has 0 aliphatic carbocycles. The molecule has 0 amide bonds. The van der Waals surface area contributed by atoms with Gasteiger partial charge in [-0.1, -0.05) is 24.3 Å². The van der Waals surface area contributed by atoms with Gasteiger partial charge in [0, 0.05) is 5.56 Å². The Morgan fingerprint density at radius 3 is 2.32 bits per heavy atom. The highest BCUT2D eigenvalue weighted by atomic mass is 32.1. The van der Waals surface area contributed by atoms with E-state index in [-0.39, 0.29) is 16.2 Å². The molecule has 0 aliphatic rings. The fraction of sp³-hybridized carbons (Fsp3) is 0.214. The molecule has 1 aromatic heterocycles. The van der Waals surface area contributed by atoms with Crippen molar-refractivity contribution in [2.75, 3.05) is 0 Å². The summed E-state index contributed by atoms with van der Waals surface area (Å²) in [6.07, 6.45) is -4.45. The first-order valence-corrected chi connectivity index (χ1v) is 6.40. The van der Waals surface area contributed by atoms with E-state index in [1.54, 1.807) is 31.2 Å². The molecule has 0 aliphatic heterocycles. The van der Waals surface area contributed by atoms with Crippen molar-refractivity contribution in [1.29, 1.82) is 0 Å². The first-order chi connectivity index (χ1) is 8.80. The Labute approximate surface area is 112 Å². The van der Waals surface area contributed by atoms with Crippen LogP contribution >= 0.6 is 11.3 Å².